The van der Waals surface area contributed by atoms with Crippen molar-refractivity contribution in [2.45, 2.75) is 27.2 Å². The molecule has 0 radical (unpaired) electrons. The van der Waals surface area contributed by atoms with Gasteiger partial charge in [-0.05, 0) is 25.0 Å². The zero-order valence-electron chi connectivity index (χ0n) is 11.3. The molecule has 3 heteroatoms. The van der Waals surface area contributed by atoms with E-state index >= 15 is 0 Å². The largest absolute Gasteiger partial charge is 0.501 e. The summed E-state index contributed by atoms with van der Waals surface area (Å²) in [5.41, 5.74) is 0. The van der Waals surface area contributed by atoms with Gasteiger partial charge < -0.3 is 14.3 Å². The molecular formula is C14H22O3. The predicted molar refractivity (Wildman–Crippen MR) is 67.3 cm³/mol. The average molecular weight is 238 g/mol. The maximum absolute atomic E-state index is 11.2. The minimum atomic E-state index is 0.134. The Morgan fingerprint density at radius 1 is 1.29 bits per heavy atom. The van der Waals surface area contributed by atoms with E-state index in [9.17, 15) is 4.79 Å². The maximum atomic E-state index is 11.2. The van der Waals surface area contributed by atoms with Gasteiger partial charge in [0.15, 0.2) is 0 Å². The Morgan fingerprint density at radius 3 is 2.35 bits per heavy atom. The highest BCUT2D eigenvalue weighted by Crippen LogP contribution is 2.34. The minimum Gasteiger partial charge on any atom is -0.501 e. The number of hydrogen-bond donors (Lipinski definition) is 0. The number of rotatable bonds is 5. The lowest BCUT2D eigenvalue weighted by atomic mass is 9.82. The smallest absolute Gasteiger partial charge is 0.130 e. The van der Waals surface area contributed by atoms with Gasteiger partial charge in [0.1, 0.15) is 5.78 Å². The van der Waals surface area contributed by atoms with Crippen LogP contribution < -0.4 is 0 Å². The molecule has 3 nitrogen and oxygen atoms in total. The molecule has 0 amide bonds. The summed E-state index contributed by atoms with van der Waals surface area (Å²) in [6.45, 7) is 5.76. The molecular weight excluding hydrogens is 216 g/mol. The molecule has 0 aliphatic heterocycles. The summed E-state index contributed by atoms with van der Waals surface area (Å²) in [7, 11) is 3.36. The van der Waals surface area contributed by atoms with E-state index in [2.05, 4.69) is 26.0 Å². The second-order valence-electron chi connectivity index (χ2n) is 4.74. The van der Waals surface area contributed by atoms with Crippen LogP contribution in [-0.4, -0.2) is 20.0 Å². The molecule has 1 aliphatic rings. The summed E-state index contributed by atoms with van der Waals surface area (Å²) in [6.07, 6.45) is 4.71. The summed E-state index contributed by atoms with van der Waals surface area (Å²) < 4.78 is 10.8. The Labute approximate surface area is 103 Å². The van der Waals surface area contributed by atoms with Crippen LogP contribution in [0.5, 0.6) is 0 Å². The molecule has 17 heavy (non-hydrogen) atoms. The van der Waals surface area contributed by atoms with Crippen LogP contribution in [0.1, 0.15) is 27.2 Å². The van der Waals surface area contributed by atoms with Crippen molar-refractivity contribution < 1.29 is 14.3 Å². The van der Waals surface area contributed by atoms with Crippen molar-refractivity contribution in [2.24, 2.45) is 17.8 Å². The van der Waals surface area contributed by atoms with Crippen LogP contribution in [0.25, 0.3) is 0 Å². The van der Waals surface area contributed by atoms with Crippen molar-refractivity contribution in [3.8, 4) is 0 Å². The molecule has 0 aromatic heterocycles. The molecule has 96 valence electrons. The van der Waals surface area contributed by atoms with Crippen molar-refractivity contribution in [3.05, 3.63) is 23.7 Å². The van der Waals surface area contributed by atoms with Gasteiger partial charge >= 0.3 is 0 Å². The predicted octanol–water partition coefficient (Wildman–Crippen LogP) is 2.93. The van der Waals surface area contributed by atoms with Crippen molar-refractivity contribution in [1.29, 1.82) is 0 Å². The third-order valence-corrected chi connectivity index (χ3v) is 3.23. The summed E-state index contributed by atoms with van der Waals surface area (Å²) in [4.78, 5) is 11.2. The molecule has 0 fully saturated rings. The number of ether oxygens (including phenoxy) is 2. The normalized spacial score (nSPS) is 25.7. The van der Waals surface area contributed by atoms with E-state index in [0.717, 1.165) is 11.5 Å². The van der Waals surface area contributed by atoms with Gasteiger partial charge in [-0.2, -0.15) is 0 Å². The third-order valence-electron chi connectivity index (χ3n) is 3.23. The van der Waals surface area contributed by atoms with Crippen molar-refractivity contribution >= 4 is 5.78 Å². The molecule has 0 saturated heterocycles. The molecule has 1 aliphatic carbocycles. The molecule has 0 aromatic carbocycles. The van der Waals surface area contributed by atoms with Gasteiger partial charge in [0, 0.05) is 18.3 Å². The van der Waals surface area contributed by atoms with Crippen LogP contribution in [0.15, 0.2) is 23.7 Å². The van der Waals surface area contributed by atoms with E-state index in [-0.39, 0.29) is 23.5 Å². The van der Waals surface area contributed by atoms with E-state index in [1.165, 1.54) is 0 Å². The van der Waals surface area contributed by atoms with Crippen LogP contribution in [0.4, 0.5) is 0 Å². The topological polar surface area (TPSA) is 35.5 Å². The molecule has 0 spiro atoms. The van der Waals surface area contributed by atoms with Crippen LogP contribution in [0, 0.1) is 17.8 Å². The first kappa shape index (κ1) is 13.8. The standard InChI is InChI=1S/C14H22O3/c1-9(6-11(3)15)12-8-13(16-4)10(2)7-14(12)17-5/h7-10,12H,6H2,1-5H3. The fraction of sp³-hybridized carbons (Fsp3) is 0.643. The van der Waals surface area contributed by atoms with Crippen LogP contribution in [-0.2, 0) is 14.3 Å². The highest BCUT2D eigenvalue weighted by Gasteiger charge is 2.27. The lowest BCUT2D eigenvalue weighted by Crippen LogP contribution is -2.21. The number of hydrogen-bond acceptors (Lipinski definition) is 3. The number of Topliss-reactive ketones (excluding diaryl/α,β-unsaturated/α-hetero) is 1. The Balaban J connectivity index is 2.90. The second-order valence-corrected chi connectivity index (χ2v) is 4.74. The van der Waals surface area contributed by atoms with Crippen molar-refractivity contribution in [2.75, 3.05) is 14.2 Å². The monoisotopic (exact) mass is 238 g/mol. The quantitative estimate of drug-likeness (QED) is 0.738. The van der Waals surface area contributed by atoms with Gasteiger partial charge in [0.2, 0.25) is 0 Å². The highest BCUT2D eigenvalue weighted by atomic mass is 16.5. The highest BCUT2D eigenvalue weighted by molar-refractivity contribution is 5.75. The molecule has 3 unspecified atom stereocenters. The molecule has 0 bridgehead atoms. The van der Waals surface area contributed by atoms with Gasteiger partial charge in [-0.15, -0.1) is 0 Å². The number of allylic oxidation sites excluding steroid dienone is 2. The number of ketones is 1. The summed E-state index contributed by atoms with van der Waals surface area (Å²) >= 11 is 0. The summed E-state index contributed by atoms with van der Waals surface area (Å²) in [6, 6.07) is 0. The van der Waals surface area contributed by atoms with Gasteiger partial charge in [0.05, 0.1) is 25.7 Å². The van der Waals surface area contributed by atoms with E-state index in [1.807, 2.05) is 0 Å². The minimum absolute atomic E-state index is 0.134. The first-order valence-corrected chi connectivity index (χ1v) is 6.00. The van der Waals surface area contributed by atoms with Gasteiger partial charge in [-0.3, -0.25) is 0 Å². The summed E-state index contributed by atoms with van der Waals surface area (Å²) in [5, 5.41) is 0. The van der Waals surface area contributed by atoms with E-state index in [1.54, 1.807) is 21.1 Å². The zero-order chi connectivity index (χ0) is 13.0. The number of carbonyl (C=O) groups excluding carboxylic acids is 1. The van der Waals surface area contributed by atoms with Gasteiger partial charge in [-0.25, -0.2) is 0 Å². The van der Waals surface area contributed by atoms with Crippen LogP contribution >= 0.6 is 0 Å². The van der Waals surface area contributed by atoms with Crippen molar-refractivity contribution in [3.63, 3.8) is 0 Å². The molecule has 3 atom stereocenters. The maximum Gasteiger partial charge on any atom is 0.130 e. The molecule has 0 aromatic rings. The second kappa shape index (κ2) is 5.89. The molecule has 0 heterocycles. The Morgan fingerprint density at radius 2 is 1.88 bits per heavy atom. The molecule has 1 rings (SSSR count). The lowest BCUT2D eigenvalue weighted by Gasteiger charge is -2.28. The van der Waals surface area contributed by atoms with E-state index in [0.29, 0.717) is 6.42 Å². The fourth-order valence-corrected chi connectivity index (χ4v) is 2.33. The van der Waals surface area contributed by atoms with Crippen molar-refractivity contribution in [1.82, 2.24) is 0 Å². The lowest BCUT2D eigenvalue weighted by molar-refractivity contribution is -0.118. The number of carbonyl (C=O) groups is 1. The average Bonchev–Trinajstić information content (AvgIpc) is 2.27. The van der Waals surface area contributed by atoms with E-state index in [4.69, 9.17) is 9.47 Å². The van der Waals surface area contributed by atoms with Crippen LogP contribution in [0.2, 0.25) is 0 Å². The third kappa shape index (κ3) is 3.35. The van der Waals surface area contributed by atoms with Crippen LogP contribution in [0.3, 0.4) is 0 Å². The number of methoxy groups -OCH3 is 2. The summed E-state index contributed by atoms with van der Waals surface area (Å²) in [5.74, 6) is 2.69. The molecule has 0 saturated carbocycles. The Hall–Kier alpha value is -1.25. The zero-order valence-corrected chi connectivity index (χ0v) is 11.3. The molecule has 0 N–H and O–H groups in total. The Kier molecular flexibility index (Phi) is 4.79. The van der Waals surface area contributed by atoms with E-state index < -0.39 is 0 Å². The first-order chi connectivity index (χ1) is 7.99. The van der Waals surface area contributed by atoms with Gasteiger partial charge in [-0.1, -0.05) is 13.8 Å². The SMILES string of the molecule is COC1=CC(C(C)CC(C)=O)C(OC)=CC1C. The first-order valence-electron chi connectivity index (χ1n) is 6.00. The van der Waals surface area contributed by atoms with Gasteiger partial charge in [0.25, 0.3) is 0 Å². The fourth-order valence-electron chi connectivity index (χ4n) is 2.33. The Bertz CT molecular complexity index is 341.